The van der Waals surface area contributed by atoms with E-state index in [4.69, 9.17) is 9.84 Å². The molecule has 1 aliphatic rings. The standard InChI is InChI=1S/C22H33N3O7/c1-17-2-4-18(5-3-17)12-19-13-24(15-21(28)29)7-6-23(14-20(26)27)8-10-32-11-9-25(19)16-22(30)31/h2-5,19H,6-16H2,1H3,(H,26,27)(H,28,29)(H,30,31)/t19-/m0/s1. The van der Waals surface area contributed by atoms with Gasteiger partial charge >= 0.3 is 17.9 Å². The monoisotopic (exact) mass is 451 g/mol. The first kappa shape index (κ1) is 25.7. The van der Waals surface area contributed by atoms with Gasteiger partial charge in [-0.05, 0) is 18.9 Å². The first-order valence-electron chi connectivity index (χ1n) is 10.7. The molecule has 0 radical (unpaired) electrons. The highest BCUT2D eigenvalue weighted by Gasteiger charge is 2.26. The van der Waals surface area contributed by atoms with Crippen molar-refractivity contribution in [1.82, 2.24) is 14.7 Å². The molecule has 1 aliphatic heterocycles. The maximum absolute atomic E-state index is 11.5. The van der Waals surface area contributed by atoms with Crippen molar-refractivity contribution in [2.75, 3.05) is 65.6 Å². The predicted octanol–water partition coefficient (Wildman–Crippen LogP) is 0.0961. The summed E-state index contributed by atoms with van der Waals surface area (Å²) in [7, 11) is 0. The van der Waals surface area contributed by atoms with Crippen LogP contribution in [0.25, 0.3) is 0 Å². The van der Waals surface area contributed by atoms with Gasteiger partial charge in [0.05, 0.1) is 32.8 Å². The quantitative estimate of drug-likeness (QED) is 0.500. The molecule has 2 rings (SSSR count). The highest BCUT2D eigenvalue weighted by molar-refractivity contribution is 5.70. The van der Waals surface area contributed by atoms with E-state index in [1.807, 2.05) is 36.1 Å². The minimum Gasteiger partial charge on any atom is -0.480 e. The minimum atomic E-state index is -0.982. The van der Waals surface area contributed by atoms with Crippen LogP contribution >= 0.6 is 0 Å². The van der Waals surface area contributed by atoms with Gasteiger partial charge < -0.3 is 20.1 Å². The van der Waals surface area contributed by atoms with Crippen LogP contribution in [0.1, 0.15) is 11.1 Å². The first-order valence-corrected chi connectivity index (χ1v) is 10.7. The van der Waals surface area contributed by atoms with Crippen LogP contribution in [-0.2, 0) is 25.5 Å². The molecule has 10 heteroatoms. The van der Waals surface area contributed by atoms with Gasteiger partial charge in [0, 0.05) is 38.8 Å². The second-order valence-electron chi connectivity index (χ2n) is 8.12. The van der Waals surface area contributed by atoms with E-state index in [0.717, 1.165) is 11.1 Å². The molecule has 178 valence electrons. The van der Waals surface area contributed by atoms with E-state index in [9.17, 15) is 24.6 Å². The van der Waals surface area contributed by atoms with Gasteiger partial charge in [-0.25, -0.2) is 0 Å². The van der Waals surface area contributed by atoms with E-state index in [2.05, 4.69) is 0 Å². The zero-order chi connectivity index (χ0) is 23.5. The molecule has 1 atom stereocenters. The number of carbonyl (C=O) groups is 3. The molecule has 1 heterocycles. The maximum atomic E-state index is 11.5. The van der Waals surface area contributed by atoms with Crippen LogP contribution in [0.2, 0.25) is 0 Å². The van der Waals surface area contributed by atoms with Crippen LogP contribution in [-0.4, -0.2) is 120 Å². The summed E-state index contributed by atoms with van der Waals surface area (Å²) in [5.74, 6) is -2.89. The summed E-state index contributed by atoms with van der Waals surface area (Å²) in [6.07, 6.45) is 0.558. The van der Waals surface area contributed by atoms with Crippen LogP contribution < -0.4 is 0 Å². The third-order valence-electron chi connectivity index (χ3n) is 5.44. The second-order valence-corrected chi connectivity index (χ2v) is 8.12. The topological polar surface area (TPSA) is 131 Å². The predicted molar refractivity (Wildman–Crippen MR) is 117 cm³/mol. The van der Waals surface area contributed by atoms with Gasteiger partial charge in [0.25, 0.3) is 0 Å². The number of carboxylic acid groups (broad SMARTS) is 3. The molecule has 0 unspecified atom stereocenters. The Morgan fingerprint density at radius 3 is 2.03 bits per heavy atom. The van der Waals surface area contributed by atoms with Crippen molar-refractivity contribution in [3.05, 3.63) is 35.4 Å². The summed E-state index contributed by atoms with van der Waals surface area (Å²) in [6.45, 7) is 3.93. The number of carboxylic acids is 3. The van der Waals surface area contributed by atoms with Gasteiger partial charge in [-0.2, -0.15) is 0 Å². The normalized spacial score (nSPS) is 20.2. The van der Waals surface area contributed by atoms with Gasteiger partial charge in [-0.1, -0.05) is 29.8 Å². The summed E-state index contributed by atoms with van der Waals surface area (Å²) in [4.78, 5) is 39.5. The number of nitrogens with zero attached hydrogens (tertiary/aromatic N) is 3. The van der Waals surface area contributed by atoms with Crippen molar-refractivity contribution in [2.24, 2.45) is 0 Å². The van der Waals surface area contributed by atoms with E-state index in [1.54, 1.807) is 9.80 Å². The number of aryl methyl sites for hydroxylation is 1. The summed E-state index contributed by atoms with van der Waals surface area (Å²) in [5.41, 5.74) is 2.15. The SMILES string of the molecule is Cc1ccc(C[C@H]2CN(CC(=O)O)CCN(CC(=O)O)CCOCCN2CC(=O)O)cc1. The Balaban J connectivity index is 2.26. The molecule has 1 aromatic carbocycles. The van der Waals surface area contributed by atoms with Crippen LogP contribution in [0.4, 0.5) is 0 Å². The average Bonchev–Trinajstić information content (AvgIpc) is 2.69. The Kier molecular flexibility index (Phi) is 10.5. The Morgan fingerprint density at radius 2 is 1.41 bits per heavy atom. The van der Waals surface area contributed by atoms with Gasteiger partial charge in [0.15, 0.2) is 0 Å². The van der Waals surface area contributed by atoms with Crippen molar-refractivity contribution in [3.63, 3.8) is 0 Å². The maximum Gasteiger partial charge on any atom is 0.317 e. The van der Waals surface area contributed by atoms with Crippen molar-refractivity contribution in [1.29, 1.82) is 0 Å². The molecular weight excluding hydrogens is 418 g/mol. The third-order valence-corrected chi connectivity index (χ3v) is 5.44. The van der Waals surface area contributed by atoms with E-state index in [0.29, 0.717) is 52.4 Å². The molecule has 0 spiro atoms. The van der Waals surface area contributed by atoms with E-state index in [1.165, 1.54) is 0 Å². The summed E-state index contributed by atoms with van der Waals surface area (Å²) in [6, 6.07) is 7.74. The molecule has 10 nitrogen and oxygen atoms in total. The lowest BCUT2D eigenvalue weighted by Crippen LogP contribution is -2.51. The molecule has 0 aromatic heterocycles. The lowest BCUT2D eigenvalue weighted by Gasteiger charge is -2.36. The third kappa shape index (κ3) is 9.73. The van der Waals surface area contributed by atoms with Crippen LogP contribution in [0.3, 0.4) is 0 Å². The van der Waals surface area contributed by atoms with Crippen molar-refractivity contribution in [3.8, 4) is 0 Å². The highest BCUT2D eigenvalue weighted by atomic mass is 16.5. The Morgan fingerprint density at radius 1 is 0.844 bits per heavy atom. The van der Waals surface area contributed by atoms with Crippen LogP contribution in [0.15, 0.2) is 24.3 Å². The minimum absolute atomic E-state index is 0.151. The molecule has 3 N–H and O–H groups in total. The van der Waals surface area contributed by atoms with Gasteiger partial charge in [-0.3, -0.25) is 29.1 Å². The fourth-order valence-corrected chi connectivity index (χ4v) is 3.82. The Bertz CT molecular complexity index is 756. The van der Waals surface area contributed by atoms with Crippen LogP contribution in [0, 0.1) is 6.92 Å². The Labute approximate surface area is 188 Å². The number of ether oxygens (including phenoxy) is 1. The number of rotatable bonds is 8. The number of aliphatic carboxylic acids is 3. The van der Waals surface area contributed by atoms with Crippen molar-refractivity contribution < 1.29 is 34.4 Å². The second kappa shape index (κ2) is 13.1. The number of benzene rings is 1. The molecule has 0 amide bonds. The largest absolute Gasteiger partial charge is 0.480 e. The average molecular weight is 452 g/mol. The van der Waals surface area contributed by atoms with Crippen molar-refractivity contribution in [2.45, 2.75) is 19.4 Å². The number of hydrogen-bond donors (Lipinski definition) is 3. The highest BCUT2D eigenvalue weighted by Crippen LogP contribution is 2.13. The van der Waals surface area contributed by atoms with Gasteiger partial charge in [0.1, 0.15) is 0 Å². The van der Waals surface area contributed by atoms with Crippen molar-refractivity contribution >= 4 is 17.9 Å². The summed E-state index contributed by atoms with van der Waals surface area (Å²) >= 11 is 0. The van der Waals surface area contributed by atoms with E-state index >= 15 is 0 Å². The molecule has 0 aliphatic carbocycles. The zero-order valence-electron chi connectivity index (χ0n) is 18.5. The fourth-order valence-electron chi connectivity index (χ4n) is 3.82. The molecule has 0 saturated carbocycles. The number of hydrogen-bond acceptors (Lipinski definition) is 7. The van der Waals surface area contributed by atoms with E-state index in [-0.39, 0.29) is 25.7 Å². The van der Waals surface area contributed by atoms with Crippen LogP contribution in [0.5, 0.6) is 0 Å². The molecule has 1 saturated heterocycles. The summed E-state index contributed by atoms with van der Waals surface area (Å²) in [5, 5.41) is 28.0. The van der Waals surface area contributed by atoms with Gasteiger partial charge in [0.2, 0.25) is 0 Å². The lowest BCUT2D eigenvalue weighted by molar-refractivity contribution is -0.141. The molecule has 1 aromatic rings. The smallest absolute Gasteiger partial charge is 0.317 e. The fraction of sp³-hybridized carbons (Fsp3) is 0.591. The zero-order valence-corrected chi connectivity index (χ0v) is 18.5. The first-order chi connectivity index (χ1) is 15.2. The van der Waals surface area contributed by atoms with Gasteiger partial charge in [-0.15, -0.1) is 0 Å². The molecular formula is C22H33N3O7. The Hall–Kier alpha value is -2.53. The molecule has 1 fully saturated rings. The summed E-state index contributed by atoms with van der Waals surface area (Å²) < 4.78 is 5.66. The lowest BCUT2D eigenvalue weighted by atomic mass is 10.0. The molecule has 32 heavy (non-hydrogen) atoms. The molecule has 0 bridgehead atoms. The van der Waals surface area contributed by atoms with E-state index < -0.39 is 17.9 Å².